The van der Waals surface area contributed by atoms with Crippen LogP contribution < -0.4 is 5.32 Å². The molecule has 0 spiro atoms. The van der Waals surface area contributed by atoms with Gasteiger partial charge in [-0.15, -0.1) is 11.3 Å². The largest absolute Gasteiger partial charge is 0.471 e. The molecule has 2 aromatic heterocycles. The van der Waals surface area contributed by atoms with Gasteiger partial charge in [0.15, 0.2) is 10.3 Å². The van der Waals surface area contributed by atoms with Crippen molar-refractivity contribution in [3.63, 3.8) is 0 Å². The molecular formula is C11H11ClF3N5OS. The van der Waals surface area contributed by atoms with Crippen LogP contribution in [0.25, 0.3) is 0 Å². The molecule has 2 heterocycles. The topological polar surface area (TPSA) is 72.7 Å². The molecule has 2 rings (SSSR count). The summed E-state index contributed by atoms with van der Waals surface area (Å²) in [5, 5.41) is 5.84. The summed E-state index contributed by atoms with van der Waals surface area (Å²) in [7, 11) is 0. The van der Waals surface area contributed by atoms with Crippen molar-refractivity contribution in [3.05, 3.63) is 21.4 Å². The van der Waals surface area contributed by atoms with Crippen LogP contribution in [-0.2, 0) is 11.3 Å². The van der Waals surface area contributed by atoms with Crippen molar-refractivity contribution in [2.24, 2.45) is 0 Å². The molecule has 0 radical (unpaired) electrons. The number of aromatic nitrogens is 4. The van der Waals surface area contributed by atoms with Crippen LogP contribution in [0.5, 0.6) is 0 Å². The molecule has 0 bridgehead atoms. The number of halogens is 4. The molecule has 0 saturated heterocycles. The monoisotopic (exact) mass is 353 g/mol. The van der Waals surface area contributed by atoms with Gasteiger partial charge in [0.05, 0.1) is 6.54 Å². The molecule has 120 valence electrons. The zero-order valence-corrected chi connectivity index (χ0v) is 13.1. The molecule has 0 aliphatic carbocycles. The molecule has 22 heavy (non-hydrogen) atoms. The number of nitrogens with one attached hydrogen (secondary N) is 1. The first-order chi connectivity index (χ1) is 10.2. The van der Waals surface area contributed by atoms with Crippen LogP contribution >= 0.6 is 22.9 Å². The Morgan fingerprint density at radius 2 is 2.18 bits per heavy atom. The van der Waals surface area contributed by atoms with Crippen LogP contribution in [0.4, 0.5) is 19.1 Å². The van der Waals surface area contributed by atoms with Gasteiger partial charge in [-0.05, 0) is 0 Å². The number of amides is 1. The highest BCUT2D eigenvalue weighted by molar-refractivity contribution is 7.15. The van der Waals surface area contributed by atoms with E-state index < -0.39 is 12.1 Å². The van der Waals surface area contributed by atoms with Crippen molar-refractivity contribution >= 4 is 34.8 Å². The molecule has 0 saturated carbocycles. The van der Waals surface area contributed by atoms with E-state index in [0.29, 0.717) is 15.2 Å². The lowest BCUT2D eigenvalue weighted by molar-refractivity contribution is -0.167. The Balaban J connectivity index is 2.28. The minimum Gasteiger partial charge on any atom is -0.287 e. The van der Waals surface area contributed by atoms with E-state index in [1.165, 1.54) is 10.9 Å². The Bertz CT molecular complexity index is 682. The average molecular weight is 354 g/mol. The highest BCUT2D eigenvalue weighted by Gasteiger charge is 2.39. The van der Waals surface area contributed by atoms with Crippen LogP contribution in [0, 0.1) is 0 Å². The second kappa shape index (κ2) is 6.21. The first kappa shape index (κ1) is 16.7. The van der Waals surface area contributed by atoms with Crippen LogP contribution in [0.1, 0.15) is 30.5 Å². The van der Waals surface area contributed by atoms with Gasteiger partial charge in [0, 0.05) is 17.0 Å². The molecule has 1 N–H and O–H groups in total. The van der Waals surface area contributed by atoms with Crippen molar-refractivity contribution in [1.29, 1.82) is 0 Å². The molecule has 0 atom stereocenters. The molecule has 0 aliphatic rings. The second-order valence-electron chi connectivity index (χ2n) is 4.64. The summed E-state index contributed by atoms with van der Waals surface area (Å²) in [4.78, 5) is 19.5. The van der Waals surface area contributed by atoms with Crippen LogP contribution in [-0.4, -0.2) is 31.8 Å². The Morgan fingerprint density at radius 1 is 1.50 bits per heavy atom. The first-order valence-corrected chi connectivity index (χ1v) is 7.29. The van der Waals surface area contributed by atoms with E-state index >= 15 is 0 Å². The van der Waals surface area contributed by atoms with Crippen molar-refractivity contribution < 1.29 is 18.0 Å². The van der Waals surface area contributed by atoms with Gasteiger partial charge in [-0.3, -0.25) is 10.1 Å². The van der Waals surface area contributed by atoms with Gasteiger partial charge in [-0.1, -0.05) is 25.4 Å². The van der Waals surface area contributed by atoms with Crippen molar-refractivity contribution in [2.75, 3.05) is 5.32 Å². The number of alkyl halides is 3. The van der Waals surface area contributed by atoms with E-state index in [2.05, 4.69) is 15.1 Å². The number of anilines is 1. The van der Waals surface area contributed by atoms with E-state index in [4.69, 9.17) is 11.6 Å². The van der Waals surface area contributed by atoms with Gasteiger partial charge in [-0.25, -0.2) is 9.67 Å². The van der Waals surface area contributed by atoms with Gasteiger partial charge in [-0.2, -0.15) is 23.3 Å². The quantitative estimate of drug-likeness (QED) is 0.916. The molecule has 0 fully saturated rings. The van der Waals surface area contributed by atoms with Crippen molar-refractivity contribution in [3.8, 4) is 0 Å². The highest BCUT2D eigenvalue weighted by Crippen LogP contribution is 2.22. The smallest absolute Gasteiger partial charge is 0.287 e. The predicted molar refractivity (Wildman–Crippen MR) is 75.0 cm³/mol. The van der Waals surface area contributed by atoms with Crippen molar-refractivity contribution in [1.82, 2.24) is 19.7 Å². The third kappa shape index (κ3) is 3.95. The fourth-order valence-electron chi connectivity index (χ4n) is 1.48. The molecule has 6 nitrogen and oxygen atoms in total. The van der Waals surface area contributed by atoms with E-state index in [1.54, 1.807) is 19.2 Å². The Morgan fingerprint density at radius 3 is 2.68 bits per heavy atom. The highest BCUT2D eigenvalue weighted by atomic mass is 35.5. The Labute approximate surface area is 132 Å². The minimum atomic E-state index is -5.00. The maximum Gasteiger partial charge on any atom is 0.471 e. The molecule has 11 heteroatoms. The lowest BCUT2D eigenvalue weighted by Gasteiger charge is -2.08. The summed E-state index contributed by atoms with van der Waals surface area (Å²) in [6.07, 6.45) is -3.51. The lowest BCUT2D eigenvalue weighted by atomic mass is 10.2. The van der Waals surface area contributed by atoms with E-state index in [-0.39, 0.29) is 18.4 Å². The van der Waals surface area contributed by atoms with E-state index in [1.807, 2.05) is 0 Å². The van der Waals surface area contributed by atoms with Gasteiger partial charge < -0.3 is 0 Å². The zero-order chi connectivity index (χ0) is 16.5. The molecule has 0 unspecified atom stereocenters. The Kier molecular flexibility index (Phi) is 4.71. The minimum absolute atomic E-state index is 0.104. The molecule has 0 aromatic carbocycles. The van der Waals surface area contributed by atoms with E-state index in [9.17, 15) is 18.0 Å². The number of hydrogen-bond acceptors (Lipinski definition) is 5. The molecule has 1 amide bonds. The van der Waals surface area contributed by atoms with Crippen LogP contribution in [0.2, 0.25) is 4.47 Å². The summed E-state index contributed by atoms with van der Waals surface area (Å²) in [5.41, 5.74) is 0. The zero-order valence-electron chi connectivity index (χ0n) is 11.5. The summed E-state index contributed by atoms with van der Waals surface area (Å²) in [6, 6.07) is 0. The fourth-order valence-corrected chi connectivity index (χ4v) is 2.44. The van der Waals surface area contributed by atoms with Gasteiger partial charge in [0.1, 0.15) is 0 Å². The molecule has 0 aliphatic heterocycles. The normalized spacial score (nSPS) is 12.0. The molecule has 2 aromatic rings. The third-order valence-electron chi connectivity index (χ3n) is 2.52. The maximum absolute atomic E-state index is 12.4. The fraction of sp³-hybridized carbons (Fsp3) is 0.455. The SMILES string of the molecule is CC(C)c1nc(NC(=O)C(F)(F)F)n(Cc2cnc(Cl)s2)n1. The van der Waals surface area contributed by atoms with Crippen molar-refractivity contribution in [2.45, 2.75) is 32.5 Å². The third-order valence-corrected chi connectivity index (χ3v) is 3.62. The number of nitrogens with zero attached hydrogens (tertiary/aromatic N) is 4. The number of carbonyl (C=O) groups is 1. The maximum atomic E-state index is 12.4. The standard InChI is InChI=1S/C11H11ClF3N5OS/c1-5(2)7-17-10(18-8(21)11(13,14)15)20(19-7)4-6-3-16-9(12)22-6/h3,5H,4H2,1-2H3,(H,17,18,19,21). The predicted octanol–water partition coefficient (Wildman–Crippen LogP) is 3.06. The Hall–Kier alpha value is -1.68. The summed E-state index contributed by atoms with van der Waals surface area (Å²) >= 11 is 6.87. The first-order valence-electron chi connectivity index (χ1n) is 6.10. The second-order valence-corrected chi connectivity index (χ2v) is 6.33. The van der Waals surface area contributed by atoms with E-state index in [0.717, 1.165) is 11.3 Å². The van der Waals surface area contributed by atoms with Crippen LogP contribution in [0.15, 0.2) is 6.20 Å². The lowest BCUT2D eigenvalue weighted by Crippen LogP contribution is -2.31. The number of carbonyl (C=O) groups excluding carboxylic acids is 1. The average Bonchev–Trinajstić information content (AvgIpc) is 2.96. The summed E-state index contributed by atoms with van der Waals surface area (Å²) in [5.74, 6) is -2.14. The number of rotatable bonds is 4. The van der Waals surface area contributed by atoms with Gasteiger partial charge in [0.2, 0.25) is 5.95 Å². The number of thiazole rings is 1. The van der Waals surface area contributed by atoms with Gasteiger partial charge in [0.25, 0.3) is 0 Å². The van der Waals surface area contributed by atoms with Gasteiger partial charge >= 0.3 is 12.1 Å². The number of hydrogen-bond donors (Lipinski definition) is 1. The summed E-state index contributed by atoms with van der Waals surface area (Å²) in [6.45, 7) is 3.69. The van der Waals surface area contributed by atoms with Crippen LogP contribution in [0.3, 0.4) is 0 Å². The molecular weight excluding hydrogens is 343 g/mol. The summed E-state index contributed by atoms with van der Waals surface area (Å²) < 4.78 is 38.6.